The van der Waals surface area contributed by atoms with Crippen LogP contribution in [0.15, 0.2) is 36.4 Å². The second-order valence-electron chi connectivity index (χ2n) is 10.5. The predicted molar refractivity (Wildman–Crippen MR) is 155 cm³/mol. The van der Waals surface area contributed by atoms with Crippen LogP contribution in [-0.2, 0) is 9.59 Å². The first-order valence-electron chi connectivity index (χ1n) is 14.5. The molecule has 42 heavy (non-hydrogen) atoms. The highest BCUT2D eigenvalue weighted by molar-refractivity contribution is 5.79. The van der Waals surface area contributed by atoms with Gasteiger partial charge >= 0.3 is 5.97 Å². The molecule has 2 N–H and O–H groups in total. The summed E-state index contributed by atoms with van der Waals surface area (Å²) in [6.07, 6.45) is 2.66. The zero-order valence-corrected chi connectivity index (χ0v) is 24.6. The molecule has 2 heterocycles. The lowest BCUT2D eigenvalue weighted by Crippen LogP contribution is -2.45. The fraction of sp³-hybridized carbons (Fsp3) is 0.548. The highest BCUT2D eigenvalue weighted by Crippen LogP contribution is 2.47. The van der Waals surface area contributed by atoms with Crippen molar-refractivity contribution in [2.75, 3.05) is 60.4 Å². The standard InChI is InChI=1S/C31H42N2O9/c1-4-5-12-32(13-8-14-34)28(35)19-33-18-22(21-16-26(39-3)30-27(17-21)41-20-42-30)29(31(36)37)23(33)11-15-40-25-10-7-6-9-24(25)38-2/h6-7,9-10,16-17,22-23,29,34H,4-5,8,11-15,18-20H2,1-3H3,(H,36,37)/t22-,23+,29?/m1/s1. The van der Waals surface area contributed by atoms with Crippen LogP contribution in [-0.4, -0.2) is 98.3 Å². The number of carbonyl (C=O) groups excluding carboxylic acids is 1. The molecule has 0 spiro atoms. The fourth-order valence-electron chi connectivity index (χ4n) is 5.83. The molecule has 0 radical (unpaired) electrons. The van der Waals surface area contributed by atoms with Crippen LogP contribution < -0.4 is 23.7 Å². The zero-order chi connectivity index (χ0) is 30.1. The Morgan fingerprint density at radius 2 is 1.79 bits per heavy atom. The van der Waals surface area contributed by atoms with Gasteiger partial charge in [0.05, 0.1) is 33.3 Å². The van der Waals surface area contributed by atoms with Gasteiger partial charge in [-0.05, 0) is 49.1 Å². The van der Waals surface area contributed by atoms with Gasteiger partial charge in [-0.1, -0.05) is 25.5 Å². The molecule has 2 aromatic carbocycles. The number of rotatable bonds is 16. The normalized spacial score (nSPS) is 19.5. The minimum absolute atomic E-state index is 0.00234. The summed E-state index contributed by atoms with van der Waals surface area (Å²) in [6, 6.07) is 10.4. The summed E-state index contributed by atoms with van der Waals surface area (Å²) in [5, 5.41) is 19.9. The monoisotopic (exact) mass is 586 g/mol. The smallest absolute Gasteiger partial charge is 0.308 e. The lowest BCUT2D eigenvalue weighted by molar-refractivity contribution is -0.144. The SMILES string of the molecule is CCCCN(CCCO)C(=O)CN1C[C@H](c2cc(OC)c3c(c2)OCO3)C(C(=O)O)[C@@H]1CCOc1ccccc1OC. The number of ether oxygens (including phenoxy) is 5. The maximum atomic E-state index is 13.6. The predicted octanol–water partition coefficient (Wildman–Crippen LogP) is 3.38. The molecule has 1 fully saturated rings. The molecule has 1 unspecified atom stereocenters. The van der Waals surface area contributed by atoms with Crippen LogP contribution in [0.25, 0.3) is 0 Å². The molecule has 2 aliphatic rings. The Kier molecular flexibility index (Phi) is 11.1. The maximum absolute atomic E-state index is 13.6. The summed E-state index contributed by atoms with van der Waals surface area (Å²) in [7, 11) is 3.10. The molecule has 0 aromatic heterocycles. The molecular weight excluding hydrogens is 544 g/mol. The molecule has 0 aliphatic carbocycles. The van der Waals surface area contributed by atoms with Gasteiger partial charge in [0.2, 0.25) is 18.4 Å². The quantitative estimate of drug-likeness (QED) is 0.302. The number of benzene rings is 2. The van der Waals surface area contributed by atoms with Crippen molar-refractivity contribution in [2.24, 2.45) is 5.92 Å². The maximum Gasteiger partial charge on any atom is 0.308 e. The van der Waals surface area contributed by atoms with E-state index in [1.807, 2.05) is 23.1 Å². The van der Waals surface area contributed by atoms with Gasteiger partial charge in [-0.25, -0.2) is 0 Å². The van der Waals surface area contributed by atoms with E-state index in [1.54, 1.807) is 30.2 Å². The topological polar surface area (TPSA) is 127 Å². The molecule has 11 nitrogen and oxygen atoms in total. The van der Waals surface area contributed by atoms with Crippen molar-refractivity contribution in [1.82, 2.24) is 9.80 Å². The number of unbranched alkanes of at least 4 members (excludes halogenated alkanes) is 1. The molecule has 4 rings (SSSR count). The number of hydrogen-bond donors (Lipinski definition) is 2. The average Bonchev–Trinajstić information content (AvgIpc) is 3.62. The molecule has 230 valence electrons. The number of carboxylic acids is 1. The van der Waals surface area contributed by atoms with E-state index in [0.717, 1.165) is 18.4 Å². The van der Waals surface area contributed by atoms with Crippen LogP contribution in [0.1, 0.15) is 44.1 Å². The van der Waals surface area contributed by atoms with E-state index in [2.05, 4.69) is 6.92 Å². The first kappa shape index (κ1) is 31.2. The third kappa shape index (κ3) is 7.19. The molecule has 2 aromatic rings. The van der Waals surface area contributed by atoms with Crippen molar-refractivity contribution in [2.45, 2.75) is 44.6 Å². The number of carbonyl (C=O) groups is 2. The van der Waals surface area contributed by atoms with E-state index < -0.39 is 23.8 Å². The van der Waals surface area contributed by atoms with E-state index >= 15 is 0 Å². The second kappa shape index (κ2) is 15.0. The average molecular weight is 587 g/mol. The first-order valence-corrected chi connectivity index (χ1v) is 14.5. The highest BCUT2D eigenvalue weighted by Gasteiger charge is 2.47. The van der Waals surface area contributed by atoms with E-state index in [-0.39, 0.29) is 32.5 Å². The molecule has 3 atom stereocenters. The van der Waals surface area contributed by atoms with Gasteiger partial charge in [-0.2, -0.15) is 0 Å². The molecular formula is C31H42N2O9. The van der Waals surface area contributed by atoms with Gasteiger partial charge in [0, 0.05) is 38.2 Å². The van der Waals surface area contributed by atoms with Gasteiger partial charge in [0.15, 0.2) is 23.0 Å². The van der Waals surface area contributed by atoms with Gasteiger partial charge in [-0.15, -0.1) is 0 Å². The minimum Gasteiger partial charge on any atom is -0.493 e. The number of aliphatic hydroxyl groups excluding tert-OH is 1. The summed E-state index contributed by atoms with van der Waals surface area (Å²) in [5.41, 5.74) is 0.747. The summed E-state index contributed by atoms with van der Waals surface area (Å²) < 4.78 is 28.1. The number of fused-ring (bicyclic) bond motifs is 1. The van der Waals surface area contributed by atoms with E-state index in [4.69, 9.17) is 23.7 Å². The molecule has 1 saturated heterocycles. The number of aliphatic carboxylic acids is 1. The van der Waals surface area contributed by atoms with Gasteiger partial charge in [0.25, 0.3) is 0 Å². The number of methoxy groups -OCH3 is 2. The van der Waals surface area contributed by atoms with Crippen LogP contribution in [0.3, 0.4) is 0 Å². The van der Waals surface area contributed by atoms with E-state index in [1.165, 1.54) is 7.11 Å². The lowest BCUT2D eigenvalue weighted by Gasteiger charge is -2.29. The van der Waals surface area contributed by atoms with Gasteiger partial charge in [0.1, 0.15) is 0 Å². The number of likely N-dealkylation sites (tertiary alicyclic amines) is 1. The Bertz CT molecular complexity index is 1200. The Hall–Kier alpha value is -3.70. The third-order valence-electron chi connectivity index (χ3n) is 7.94. The molecule has 1 amide bonds. The van der Waals surface area contributed by atoms with Crippen LogP contribution in [0.4, 0.5) is 0 Å². The summed E-state index contributed by atoms with van der Waals surface area (Å²) >= 11 is 0. The number of para-hydroxylation sites is 2. The van der Waals surface area contributed by atoms with Gasteiger partial charge < -0.3 is 38.8 Å². The van der Waals surface area contributed by atoms with Crippen LogP contribution >= 0.6 is 0 Å². The van der Waals surface area contributed by atoms with E-state index in [0.29, 0.717) is 61.2 Å². The molecule has 0 saturated carbocycles. The van der Waals surface area contributed by atoms with Crippen LogP contribution in [0.5, 0.6) is 28.7 Å². The molecule has 2 aliphatic heterocycles. The Morgan fingerprint density at radius 1 is 1.05 bits per heavy atom. The summed E-state index contributed by atoms with van der Waals surface area (Å²) in [5.74, 6) is 0.360. The van der Waals surface area contributed by atoms with Crippen molar-refractivity contribution in [3.63, 3.8) is 0 Å². The lowest BCUT2D eigenvalue weighted by atomic mass is 9.84. The third-order valence-corrected chi connectivity index (χ3v) is 7.94. The Labute approximate surface area is 246 Å². The van der Waals surface area contributed by atoms with Crippen LogP contribution in [0, 0.1) is 5.92 Å². The summed E-state index contributed by atoms with van der Waals surface area (Å²) in [6.45, 7) is 3.83. The number of hydrogen-bond acceptors (Lipinski definition) is 9. The van der Waals surface area contributed by atoms with Crippen molar-refractivity contribution < 1.29 is 43.5 Å². The van der Waals surface area contributed by atoms with Crippen molar-refractivity contribution >= 4 is 11.9 Å². The molecule has 0 bridgehead atoms. The highest BCUT2D eigenvalue weighted by atomic mass is 16.7. The first-order chi connectivity index (χ1) is 20.4. The summed E-state index contributed by atoms with van der Waals surface area (Å²) in [4.78, 5) is 30.2. The number of aliphatic hydroxyl groups is 1. The van der Waals surface area contributed by atoms with Crippen molar-refractivity contribution in [3.05, 3.63) is 42.0 Å². The second-order valence-corrected chi connectivity index (χ2v) is 10.5. The largest absolute Gasteiger partial charge is 0.493 e. The van der Waals surface area contributed by atoms with Crippen molar-refractivity contribution in [3.8, 4) is 28.7 Å². The van der Waals surface area contributed by atoms with Crippen molar-refractivity contribution in [1.29, 1.82) is 0 Å². The van der Waals surface area contributed by atoms with E-state index in [9.17, 15) is 19.8 Å². The number of carboxylic acid groups (broad SMARTS) is 1. The Morgan fingerprint density at radius 3 is 2.48 bits per heavy atom. The van der Waals surface area contributed by atoms with Crippen LogP contribution in [0.2, 0.25) is 0 Å². The molecule has 11 heteroatoms. The van der Waals surface area contributed by atoms with Gasteiger partial charge in [-0.3, -0.25) is 14.5 Å². The Balaban J connectivity index is 1.61. The minimum atomic E-state index is -0.947. The number of nitrogens with zero attached hydrogens (tertiary/aromatic N) is 2. The fourth-order valence-corrected chi connectivity index (χ4v) is 5.83. The zero-order valence-electron chi connectivity index (χ0n) is 24.6. The number of amides is 1.